The molecule has 2 aromatic carbocycles. The number of imidazole rings is 1. The Morgan fingerprint density at radius 1 is 1.26 bits per heavy atom. The summed E-state index contributed by atoms with van der Waals surface area (Å²) in [6.07, 6.45) is 0. The van der Waals surface area contributed by atoms with Gasteiger partial charge in [0, 0.05) is 17.7 Å². The Bertz CT molecular complexity index is 933. The third-order valence-corrected chi connectivity index (χ3v) is 4.26. The molecule has 2 heterocycles. The van der Waals surface area contributed by atoms with Crippen molar-refractivity contribution in [3.8, 4) is 11.5 Å². The third-order valence-electron chi connectivity index (χ3n) is 4.04. The number of benzene rings is 2. The first kappa shape index (κ1) is 14.0. The zero-order valence-corrected chi connectivity index (χ0v) is 13.4. The van der Waals surface area contributed by atoms with E-state index < -0.39 is 0 Å². The predicted molar refractivity (Wildman–Crippen MR) is 92.0 cm³/mol. The van der Waals surface area contributed by atoms with Gasteiger partial charge in [-0.05, 0) is 12.5 Å². The van der Waals surface area contributed by atoms with E-state index in [-0.39, 0.29) is 6.79 Å². The molecule has 0 saturated heterocycles. The van der Waals surface area contributed by atoms with E-state index in [0.717, 1.165) is 39.5 Å². The summed E-state index contributed by atoms with van der Waals surface area (Å²) in [5.41, 5.74) is 9.69. The van der Waals surface area contributed by atoms with E-state index in [1.54, 1.807) is 0 Å². The molecule has 116 valence electrons. The van der Waals surface area contributed by atoms with Crippen LogP contribution in [-0.2, 0) is 6.54 Å². The van der Waals surface area contributed by atoms with Crippen molar-refractivity contribution < 1.29 is 9.47 Å². The van der Waals surface area contributed by atoms with Crippen molar-refractivity contribution in [3.05, 3.63) is 53.3 Å². The van der Waals surface area contributed by atoms with E-state index in [1.165, 1.54) is 0 Å². The van der Waals surface area contributed by atoms with Crippen LogP contribution in [0.1, 0.15) is 17.0 Å². The van der Waals surface area contributed by atoms with Gasteiger partial charge in [0.15, 0.2) is 11.5 Å². The zero-order valence-electron chi connectivity index (χ0n) is 12.6. The standard InChI is InChI=1S/C17H15N3O2S/c1-10-19-13-6-15-16(22-9-21-15)7-14(13)20(10)8-11-4-2-3-5-12(11)17(18)23/h2-7H,8-9H2,1H3,(H2,18,23). The van der Waals surface area contributed by atoms with Gasteiger partial charge in [0.25, 0.3) is 0 Å². The number of hydrogen-bond acceptors (Lipinski definition) is 4. The highest BCUT2D eigenvalue weighted by Crippen LogP contribution is 2.36. The van der Waals surface area contributed by atoms with E-state index >= 15 is 0 Å². The Balaban J connectivity index is 1.83. The monoisotopic (exact) mass is 325 g/mol. The SMILES string of the molecule is Cc1nc2cc3c(cc2n1Cc1ccccc1C(N)=S)OCO3. The van der Waals surface area contributed by atoms with Crippen LogP contribution in [0.15, 0.2) is 36.4 Å². The molecule has 0 spiro atoms. The largest absolute Gasteiger partial charge is 0.454 e. The van der Waals surface area contributed by atoms with Crippen molar-refractivity contribution in [1.82, 2.24) is 9.55 Å². The first-order chi connectivity index (χ1) is 11.1. The van der Waals surface area contributed by atoms with Crippen LogP contribution in [0.4, 0.5) is 0 Å². The summed E-state index contributed by atoms with van der Waals surface area (Å²) >= 11 is 5.16. The average Bonchev–Trinajstić information content (AvgIpc) is 3.10. The fourth-order valence-corrected chi connectivity index (χ4v) is 3.10. The normalized spacial score (nSPS) is 12.7. The van der Waals surface area contributed by atoms with Crippen LogP contribution >= 0.6 is 12.2 Å². The lowest BCUT2D eigenvalue weighted by atomic mass is 10.1. The Morgan fingerprint density at radius 3 is 2.78 bits per heavy atom. The van der Waals surface area contributed by atoms with Gasteiger partial charge in [0.2, 0.25) is 6.79 Å². The van der Waals surface area contributed by atoms with Crippen molar-refractivity contribution in [2.24, 2.45) is 5.73 Å². The molecule has 5 nitrogen and oxygen atoms in total. The van der Waals surface area contributed by atoms with Crippen LogP contribution in [0.2, 0.25) is 0 Å². The number of ether oxygens (including phenoxy) is 2. The molecule has 0 amide bonds. The highest BCUT2D eigenvalue weighted by Gasteiger charge is 2.18. The van der Waals surface area contributed by atoms with Crippen LogP contribution < -0.4 is 15.2 Å². The lowest BCUT2D eigenvalue weighted by molar-refractivity contribution is 0.174. The minimum Gasteiger partial charge on any atom is -0.454 e. The molecule has 0 fully saturated rings. The maximum absolute atomic E-state index is 5.84. The number of fused-ring (bicyclic) bond motifs is 2. The number of nitrogens with two attached hydrogens (primary N) is 1. The topological polar surface area (TPSA) is 62.3 Å². The number of rotatable bonds is 3. The first-order valence-electron chi connectivity index (χ1n) is 7.27. The van der Waals surface area contributed by atoms with Gasteiger partial charge in [-0.2, -0.15) is 0 Å². The van der Waals surface area contributed by atoms with Gasteiger partial charge in [-0.3, -0.25) is 0 Å². The first-order valence-corrected chi connectivity index (χ1v) is 7.68. The molecule has 0 saturated carbocycles. The molecule has 0 radical (unpaired) electrons. The molecule has 0 aliphatic carbocycles. The number of aromatic nitrogens is 2. The molecular weight excluding hydrogens is 310 g/mol. The van der Waals surface area contributed by atoms with Gasteiger partial charge < -0.3 is 19.8 Å². The molecule has 0 atom stereocenters. The zero-order chi connectivity index (χ0) is 16.0. The number of hydrogen-bond donors (Lipinski definition) is 1. The summed E-state index contributed by atoms with van der Waals surface area (Å²) in [5.74, 6) is 2.41. The van der Waals surface area contributed by atoms with Crippen molar-refractivity contribution in [1.29, 1.82) is 0 Å². The molecule has 0 unspecified atom stereocenters. The molecule has 6 heteroatoms. The molecule has 1 aromatic heterocycles. The summed E-state index contributed by atoms with van der Waals surface area (Å²) in [6.45, 7) is 2.89. The summed E-state index contributed by atoms with van der Waals surface area (Å²) in [5, 5.41) is 0. The lowest BCUT2D eigenvalue weighted by Crippen LogP contribution is -2.14. The van der Waals surface area contributed by atoms with Crippen LogP contribution in [0.25, 0.3) is 11.0 Å². The van der Waals surface area contributed by atoms with Crippen molar-refractivity contribution in [3.63, 3.8) is 0 Å². The summed E-state index contributed by atoms with van der Waals surface area (Å²) in [6, 6.07) is 11.8. The fourth-order valence-electron chi connectivity index (χ4n) is 2.90. The highest BCUT2D eigenvalue weighted by atomic mass is 32.1. The fraction of sp³-hybridized carbons (Fsp3) is 0.176. The van der Waals surface area contributed by atoms with E-state index in [0.29, 0.717) is 11.5 Å². The Labute approximate surface area is 138 Å². The second-order valence-electron chi connectivity index (χ2n) is 5.46. The van der Waals surface area contributed by atoms with Gasteiger partial charge in [-0.1, -0.05) is 36.5 Å². The second kappa shape index (κ2) is 5.24. The van der Waals surface area contributed by atoms with Crippen molar-refractivity contribution in [2.75, 3.05) is 6.79 Å². The maximum atomic E-state index is 5.84. The quantitative estimate of drug-likeness (QED) is 0.750. The van der Waals surface area contributed by atoms with Crippen LogP contribution in [0.3, 0.4) is 0 Å². The second-order valence-corrected chi connectivity index (χ2v) is 5.90. The third kappa shape index (κ3) is 2.31. The Morgan fingerprint density at radius 2 is 2.00 bits per heavy atom. The van der Waals surface area contributed by atoms with Gasteiger partial charge in [-0.25, -0.2) is 4.98 Å². The van der Waals surface area contributed by atoms with E-state index in [1.807, 2.05) is 43.3 Å². The molecule has 3 aromatic rings. The van der Waals surface area contributed by atoms with Gasteiger partial charge in [0.05, 0.1) is 17.6 Å². The minimum atomic E-state index is 0.255. The summed E-state index contributed by atoms with van der Waals surface area (Å²) in [7, 11) is 0. The van der Waals surface area contributed by atoms with Crippen LogP contribution in [0.5, 0.6) is 11.5 Å². The van der Waals surface area contributed by atoms with Crippen molar-refractivity contribution >= 4 is 28.2 Å². The highest BCUT2D eigenvalue weighted by molar-refractivity contribution is 7.80. The molecule has 1 aliphatic heterocycles. The molecule has 23 heavy (non-hydrogen) atoms. The smallest absolute Gasteiger partial charge is 0.231 e. The van der Waals surface area contributed by atoms with Crippen LogP contribution in [-0.4, -0.2) is 21.3 Å². The van der Waals surface area contributed by atoms with Crippen molar-refractivity contribution in [2.45, 2.75) is 13.5 Å². The minimum absolute atomic E-state index is 0.255. The predicted octanol–water partition coefficient (Wildman–Crippen LogP) is 2.76. The average molecular weight is 325 g/mol. The number of aryl methyl sites for hydroxylation is 1. The van der Waals surface area contributed by atoms with Gasteiger partial charge >= 0.3 is 0 Å². The van der Waals surface area contributed by atoms with Gasteiger partial charge in [0.1, 0.15) is 10.8 Å². The van der Waals surface area contributed by atoms with E-state index in [4.69, 9.17) is 27.4 Å². The van der Waals surface area contributed by atoms with Gasteiger partial charge in [-0.15, -0.1) is 0 Å². The maximum Gasteiger partial charge on any atom is 0.231 e. The molecule has 0 bridgehead atoms. The number of thiocarbonyl (C=S) groups is 1. The summed E-state index contributed by atoms with van der Waals surface area (Å²) < 4.78 is 13.0. The van der Waals surface area contributed by atoms with E-state index in [9.17, 15) is 0 Å². The molecule has 2 N–H and O–H groups in total. The Kier molecular flexibility index (Phi) is 3.20. The molecular formula is C17H15N3O2S. The van der Waals surface area contributed by atoms with Crippen LogP contribution in [0, 0.1) is 6.92 Å². The van der Waals surface area contributed by atoms with E-state index in [2.05, 4.69) is 9.55 Å². The molecule has 4 rings (SSSR count). The Hall–Kier alpha value is -2.60. The lowest BCUT2D eigenvalue weighted by Gasteiger charge is -2.11. The summed E-state index contributed by atoms with van der Waals surface area (Å²) in [4.78, 5) is 5.03. The number of nitrogens with zero attached hydrogens (tertiary/aromatic N) is 2. The molecule has 1 aliphatic rings.